The minimum Gasteiger partial charge on any atom is -0.322 e. The van der Waals surface area contributed by atoms with Crippen LogP contribution in [0.3, 0.4) is 0 Å². The summed E-state index contributed by atoms with van der Waals surface area (Å²) < 4.78 is 4.30. The number of tetrazole rings is 1. The van der Waals surface area contributed by atoms with E-state index in [-0.39, 0.29) is 0 Å². The number of unbranched alkanes of at least 4 members (excludes halogenated alkanes) is 1. The maximum absolute atomic E-state index is 6.55. The second-order valence-corrected chi connectivity index (χ2v) is 14.6. The molecule has 9 aromatic rings. The fourth-order valence-corrected chi connectivity index (χ4v) is 8.21. The third-order valence-corrected chi connectivity index (χ3v) is 11.1. The Kier molecular flexibility index (Phi) is 9.97. The predicted molar refractivity (Wildman–Crippen MR) is 229 cm³/mol. The molecule has 0 amide bonds. The summed E-state index contributed by atoms with van der Waals surface area (Å²) in [5, 5.41) is 14.6. The molecule has 6 aromatic carbocycles. The molecule has 57 heavy (non-hydrogen) atoms. The second-order valence-electron chi connectivity index (χ2n) is 14.2. The average Bonchev–Trinajstić information content (AvgIpc) is 3.90. The van der Waals surface area contributed by atoms with E-state index in [0.717, 1.165) is 80.8 Å². The van der Waals surface area contributed by atoms with Crippen LogP contribution in [0, 0.1) is 0 Å². The lowest BCUT2D eigenvalue weighted by atomic mass is 9.77. The molecule has 0 N–H and O–H groups in total. The Morgan fingerprint density at radius 2 is 1.21 bits per heavy atom. The van der Waals surface area contributed by atoms with E-state index in [1.807, 2.05) is 53.3 Å². The number of rotatable bonds is 12. The van der Waals surface area contributed by atoms with Crippen molar-refractivity contribution in [3.63, 3.8) is 0 Å². The van der Waals surface area contributed by atoms with Gasteiger partial charge in [0.2, 0.25) is 0 Å². The lowest BCUT2D eigenvalue weighted by Crippen LogP contribution is -2.39. The molecule has 0 bridgehead atoms. The van der Waals surface area contributed by atoms with Crippen molar-refractivity contribution in [1.29, 1.82) is 0 Å². The standard InChI is InChI=1S/C49H40ClN7/c1-2-3-27-47-52-45-32-44(42-25-15-16-26-43(42)50)51-33-46(45)56(47)34-35-28-30-36(31-29-35)40-23-13-14-24-41(40)48-53-54-55-57(48)49(37-17-7-4-8-18-37,38-19-9-5-10-20-38)39-21-11-6-12-22-39/h4-26,28-33H,2-3,27,34H2,1H3. The van der Waals surface area contributed by atoms with Crippen LogP contribution in [0.5, 0.6) is 0 Å². The largest absolute Gasteiger partial charge is 0.322 e. The predicted octanol–water partition coefficient (Wildman–Crippen LogP) is 11.3. The molecule has 3 aromatic heterocycles. The van der Waals surface area contributed by atoms with Crippen molar-refractivity contribution >= 4 is 22.6 Å². The molecule has 7 nitrogen and oxygen atoms in total. The Morgan fingerprint density at radius 1 is 0.632 bits per heavy atom. The van der Waals surface area contributed by atoms with Crippen LogP contribution in [0.1, 0.15) is 47.8 Å². The zero-order valence-electron chi connectivity index (χ0n) is 31.6. The summed E-state index contributed by atoms with van der Waals surface area (Å²) in [6, 6.07) is 58.5. The Hall–Kier alpha value is -6.70. The number of imidazole rings is 1. The summed E-state index contributed by atoms with van der Waals surface area (Å²) >= 11 is 6.55. The Balaban J connectivity index is 1.11. The lowest BCUT2D eigenvalue weighted by Gasteiger charge is -2.36. The molecule has 0 atom stereocenters. The van der Waals surface area contributed by atoms with E-state index in [1.165, 1.54) is 5.56 Å². The van der Waals surface area contributed by atoms with Crippen molar-refractivity contribution in [1.82, 2.24) is 34.7 Å². The third kappa shape index (κ3) is 6.70. The number of hydrogen-bond donors (Lipinski definition) is 0. The van der Waals surface area contributed by atoms with E-state index in [4.69, 9.17) is 31.9 Å². The molecule has 0 spiro atoms. The van der Waals surface area contributed by atoms with Gasteiger partial charge < -0.3 is 4.57 Å². The molecule has 0 aliphatic carbocycles. The van der Waals surface area contributed by atoms with Gasteiger partial charge in [0, 0.05) is 29.1 Å². The molecule has 0 unspecified atom stereocenters. The van der Waals surface area contributed by atoms with Gasteiger partial charge in [-0.25, -0.2) is 9.67 Å². The van der Waals surface area contributed by atoms with Crippen LogP contribution in [0.4, 0.5) is 0 Å². The van der Waals surface area contributed by atoms with Gasteiger partial charge in [0.05, 0.1) is 22.9 Å². The summed E-state index contributed by atoms with van der Waals surface area (Å²) in [6.45, 7) is 2.89. The lowest BCUT2D eigenvalue weighted by molar-refractivity contribution is 0.451. The quantitative estimate of drug-likeness (QED) is 0.116. The van der Waals surface area contributed by atoms with Gasteiger partial charge >= 0.3 is 0 Å². The van der Waals surface area contributed by atoms with Crippen molar-refractivity contribution in [3.8, 4) is 33.8 Å². The molecule has 3 heterocycles. The van der Waals surface area contributed by atoms with Crippen molar-refractivity contribution in [2.45, 2.75) is 38.3 Å². The first-order valence-electron chi connectivity index (χ1n) is 19.4. The Morgan fingerprint density at radius 3 is 1.82 bits per heavy atom. The maximum atomic E-state index is 6.55. The Labute approximate surface area is 337 Å². The minimum absolute atomic E-state index is 0.667. The summed E-state index contributed by atoms with van der Waals surface area (Å²) in [5.74, 6) is 1.73. The van der Waals surface area contributed by atoms with Crippen molar-refractivity contribution < 1.29 is 0 Å². The van der Waals surface area contributed by atoms with Crippen LogP contribution >= 0.6 is 11.6 Å². The molecule has 0 saturated carbocycles. The SMILES string of the molecule is CCCCc1nc2cc(-c3ccccc3Cl)ncc2n1Cc1ccc(-c2ccccc2-c2nnnn2C(c2ccccc2)(c2ccccc2)c2ccccc2)cc1. The zero-order valence-corrected chi connectivity index (χ0v) is 32.3. The number of nitrogens with zero attached hydrogens (tertiary/aromatic N) is 7. The van der Waals surface area contributed by atoms with Crippen LogP contribution in [0.25, 0.3) is 44.8 Å². The molecule has 9 rings (SSSR count). The van der Waals surface area contributed by atoms with Crippen molar-refractivity contribution in [3.05, 3.63) is 209 Å². The maximum Gasteiger partial charge on any atom is 0.184 e. The monoisotopic (exact) mass is 761 g/mol. The smallest absolute Gasteiger partial charge is 0.184 e. The first kappa shape index (κ1) is 36.0. The minimum atomic E-state index is -0.856. The van der Waals surface area contributed by atoms with Crippen LogP contribution in [-0.4, -0.2) is 34.7 Å². The number of fused-ring (bicyclic) bond motifs is 1. The van der Waals surface area contributed by atoms with E-state index >= 15 is 0 Å². The van der Waals surface area contributed by atoms with Crippen molar-refractivity contribution in [2.75, 3.05) is 0 Å². The van der Waals surface area contributed by atoms with Crippen LogP contribution in [0.15, 0.2) is 176 Å². The first-order chi connectivity index (χ1) is 28.1. The number of aromatic nitrogens is 7. The van der Waals surface area contributed by atoms with Gasteiger partial charge in [0.1, 0.15) is 11.4 Å². The number of pyridine rings is 1. The van der Waals surface area contributed by atoms with Crippen molar-refractivity contribution in [2.24, 2.45) is 0 Å². The van der Waals surface area contributed by atoms with E-state index in [0.29, 0.717) is 17.4 Å². The Bertz CT molecular complexity index is 2660. The van der Waals surface area contributed by atoms with E-state index < -0.39 is 5.54 Å². The topological polar surface area (TPSA) is 74.3 Å². The van der Waals surface area contributed by atoms with Gasteiger partial charge in [-0.05, 0) is 62.4 Å². The molecule has 0 aliphatic rings. The van der Waals surface area contributed by atoms with Crippen LogP contribution in [0.2, 0.25) is 5.02 Å². The van der Waals surface area contributed by atoms with E-state index in [2.05, 4.69) is 144 Å². The van der Waals surface area contributed by atoms with Crippen LogP contribution in [-0.2, 0) is 18.5 Å². The van der Waals surface area contributed by atoms with Gasteiger partial charge in [0.25, 0.3) is 0 Å². The average molecular weight is 762 g/mol. The molecule has 0 fully saturated rings. The van der Waals surface area contributed by atoms with Gasteiger partial charge in [-0.3, -0.25) is 4.98 Å². The van der Waals surface area contributed by atoms with Gasteiger partial charge in [-0.1, -0.05) is 183 Å². The molecule has 8 heteroatoms. The fraction of sp³-hybridized carbons (Fsp3) is 0.122. The summed E-state index contributed by atoms with van der Waals surface area (Å²) in [4.78, 5) is 9.96. The molecular formula is C49H40ClN7. The first-order valence-corrected chi connectivity index (χ1v) is 19.8. The number of aryl methyl sites for hydroxylation is 1. The number of halogens is 1. The fourth-order valence-electron chi connectivity index (χ4n) is 7.98. The van der Waals surface area contributed by atoms with Gasteiger partial charge in [-0.2, -0.15) is 0 Å². The summed E-state index contributed by atoms with van der Waals surface area (Å²) in [7, 11) is 0. The summed E-state index contributed by atoms with van der Waals surface area (Å²) in [5.41, 5.74) is 10.2. The number of benzene rings is 6. The van der Waals surface area contributed by atoms with Crippen LogP contribution < -0.4 is 0 Å². The molecule has 0 radical (unpaired) electrons. The molecule has 278 valence electrons. The highest BCUT2D eigenvalue weighted by molar-refractivity contribution is 6.33. The highest BCUT2D eigenvalue weighted by atomic mass is 35.5. The van der Waals surface area contributed by atoms with Gasteiger partial charge in [0.15, 0.2) is 5.82 Å². The highest BCUT2D eigenvalue weighted by Gasteiger charge is 2.42. The zero-order chi connectivity index (χ0) is 38.6. The molecule has 0 saturated heterocycles. The third-order valence-electron chi connectivity index (χ3n) is 10.8. The highest BCUT2D eigenvalue weighted by Crippen LogP contribution is 2.43. The second kappa shape index (κ2) is 15.8. The van der Waals surface area contributed by atoms with Gasteiger partial charge in [-0.15, -0.1) is 5.10 Å². The molecular weight excluding hydrogens is 722 g/mol. The normalized spacial score (nSPS) is 11.6. The van der Waals surface area contributed by atoms with E-state index in [1.54, 1.807) is 0 Å². The van der Waals surface area contributed by atoms with E-state index in [9.17, 15) is 0 Å². The molecule has 0 aliphatic heterocycles. The summed E-state index contributed by atoms with van der Waals surface area (Å²) in [6.07, 6.45) is 4.98. The number of hydrogen-bond acceptors (Lipinski definition) is 5.